The number of aromatic nitrogens is 1. The zero-order valence-corrected chi connectivity index (χ0v) is 20.8. The first-order chi connectivity index (χ1) is 18.3. The quantitative estimate of drug-likeness (QED) is 0.247. The van der Waals surface area contributed by atoms with Gasteiger partial charge >= 0.3 is 5.97 Å². The van der Waals surface area contributed by atoms with Crippen molar-refractivity contribution in [2.75, 3.05) is 13.1 Å². The largest absolute Gasteiger partial charge is 0.450 e. The van der Waals surface area contributed by atoms with Crippen LogP contribution in [0.25, 0.3) is 10.9 Å². The molecule has 6 rings (SSSR count). The molecule has 6 nitrogen and oxygen atoms in total. The molecule has 0 aliphatic carbocycles. The van der Waals surface area contributed by atoms with Crippen molar-refractivity contribution in [1.82, 2.24) is 9.47 Å². The number of fused-ring (bicyclic) bond motifs is 3. The van der Waals surface area contributed by atoms with Crippen LogP contribution in [0.3, 0.4) is 0 Å². The topological polar surface area (TPSA) is 68.6 Å². The number of amides is 1. The first-order valence-corrected chi connectivity index (χ1v) is 12.5. The smallest absolute Gasteiger partial charge is 0.339 e. The second-order valence-corrected chi connectivity index (χ2v) is 10.0. The predicted molar refractivity (Wildman–Crippen MR) is 136 cm³/mol. The maximum Gasteiger partial charge on any atom is 0.339 e. The number of hydrogen-bond donors (Lipinski definition) is 0. The molecule has 0 saturated carbocycles. The molecule has 2 aliphatic rings. The van der Waals surface area contributed by atoms with Crippen LogP contribution in [-0.2, 0) is 16.9 Å². The molecule has 1 spiro atoms. The van der Waals surface area contributed by atoms with Crippen LogP contribution in [0.15, 0.2) is 66.9 Å². The van der Waals surface area contributed by atoms with Gasteiger partial charge in [0.2, 0.25) is 0 Å². The van der Waals surface area contributed by atoms with E-state index in [4.69, 9.17) is 16.3 Å². The van der Waals surface area contributed by atoms with Crippen LogP contribution in [0.5, 0.6) is 0 Å². The summed E-state index contributed by atoms with van der Waals surface area (Å²) in [5, 5.41) is 1.05. The number of nitrogens with zero attached hydrogens (tertiary/aromatic N) is 2. The summed E-state index contributed by atoms with van der Waals surface area (Å²) < 4.78 is 34.4. The number of halogens is 3. The SMILES string of the molecule is O=C(Cn1cc(C(=O)N2CCC3(CC2)OC(=O)c2ccccc23)c2ccc(Cl)cc21)c1ccc(F)c(F)c1. The minimum absolute atomic E-state index is 0.0216. The maximum absolute atomic E-state index is 13.7. The number of piperidine rings is 1. The van der Waals surface area contributed by atoms with Crippen molar-refractivity contribution in [2.45, 2.75) is 25.0 Å². The van der Waals surface area contributed by atoms with E-state index in [0.717, 1.165) is 17.7 Å². The molecular weight excluding hydrogens is 514 g/mol. The van der Waals surface area contributed by atoms with Crippen molar-refractivity contribution in [3.05, 3.63) is 106 Å². The van der Waals surface area contributed by atoms with Gasteiger partial charge in [0.05, 0.1) is 23.2 Å². The fourth-order valence-corrected chi connectivity index (χ4v) is 5.61. The fourth-order valence-electron chi connectivity index (χ4n) is 5.44. The highest BCUT2D eigenvalue weighted by molar-refractivity contribution is 6.31. The molecule has 1 aromatic heterocycles. The summed E-state index contributed by atoms with van der Waals surface area (Å²) in [5.41, 5.74) is 1.69. The lowest BCUT2D eigenvalue weighted by molar-refractivity contribution is -0.0389. The molecule has 4 aromatic rings. The number of hydrogen-bond acceptors (Lipinski definition) is 4. The molecule has 192 valence electrons. The van der Waals surface area contributed by atoms with Crippen molar-refractivity contribution in [3.8, 4) is 0 Å². The van der Waals surface area contributed by atoms with Gasteiger partial charge in [0.1, 0.15) is 5.60 Å². The Kier molecular flexibility index (Phi) is 5.79. The summed E-state index contributed by atoms with van der Waals surface area (Å²) in [6, 6.07) is 15.4. The molecule has 1 saturated heterocycles. The molecule has 0 radical (unpaired) electrons. The minimum Gasteiger partial charge on any atom is -0.450 e. The van der Waals surface area contributed by atoms with Crippen LogP contribution in [0.1, 0.15) is 49.5 Å². The number of benzene rings is 3. The van der Waals surface area contributed by atoms with E-state index in [1.807, 2.05) is 12.1 Å². The van der Waals surface area contributed by atoms with E-state index in [2.05, 4.69) is 0 Å². The summed E-state index contributed by atoms with van der Waals surface area (Å²) in [5.74, 6) is -3.14. The Morgan fingerprint density at radius 1 is 0.974 bits per heavy atom. The van der Waals surface area contributed by atoms with Gasteiger partial charge in [-0.25, -0.2) is 13.6 Å². The van der Waals surface area contributed by atoms with E-state index >= 15 is 0 Å². The number of carbonyl (C=O) groups excluding carboxylic acids is 3. The molecule has 0 unspecified atom stereocenters. The number of Topliss-reactive ketones (excluding diaryl/α,β-unsaturated/α-hetero) is 1. The number of carbonyl (C=O) groups is 3. The highest BCUT2D eigenvalue weighted by Crippen LogP contribution is 2.44. The van der Waals surface area contributed by atoms with Crippen molar-refractivity contribution in [2.24, 2.45) is 0 Å². The first kappa shape index (κ1) is 24.3. The summed E-state index contributed by atoms with van der Waals surface area (Å²) in [6.07, 6.45) is 2.54. The maximum atomic E-state index is 13.7. The van der Waals surface area contributed by atoms with Crippen LogP contribution in [-0.4, -0.2) is 40.2 Å². The Bertz CT molecular complexity index is 1640. The second-order valence-electron chi connectivity index (χ2n) is 9.61. The third kappa shape index (κ3) is 3.96. The van der Waals surface area contributed by atoms with Gasteiger partial charge in [0.25, 0.3) is 5.91 Å². The van der Waals surface area contributed by atoms with Gasteiger partial charge in [-0.05, 0) is 36.4 Å². The van der Waals surface area contributed by atoms with Crippen LogP contribution >= 0.6 is 11.6 Å². The molecule has 38 heavy (non-hydrogen) atoms. The number of ether oxygens (including phenoxy) is 1. The average molecular weight is 535 g/mol. The van der Waals surface area contributed by atoms with E-state index in [0.29, 0.717) is 53.0 Å². The van der Waals surface area contributed by atoms with Crippen molar-refractivity contribution in [1.29, 1.82) is 0 Å². The molecule has 1 fully saturated rings. The van der Waals surface area contributed by atoms with Crippen molar-refractivity contribution < 1.29 is 27.9 Å². The van der Waals surface area contributed by atoms with Gasteiger partial charge in [-0.2, -0.15) is 0 Å². The second kappa shape index (κ2) is 9.06. The lowest BCUT2D eigenvalue weighted by Crippen LogP contribution is -2.45. The summed E-state index contributed by atoms with van der Waals surface area (Å²) in [7, 11) is 0. The molecule has 0 bridgehead atoms. The van der Waals surface area contributed by atoms with Gasteiger partial charge in [0.15, 0.2) is 17.4 Å². The fraction of sp³-hybridized carbons (Fsp3) is 0.207. The summed E-state index contributed by atoms with van der Waals surface area (Å²) in [6.45, 7) is 0.577. The first-order valence-electron chi connectivity index (χ1n) is 12.1. The van der Waals surface area contributed by atoms with E-state index in [9.17, 15) is 23.2 Å². The van der Waals surface area contributed by atoms with E-state index in [1.165, 1.54) is 6.07 Å². The summed E-state index contributed by atoms with van der Waals surface area (Å²) in [4.78, 5) is 40.6. The number of ketones is 1. The number of rotatable bonds is 4. The molecule has 3 aromatic carbocycles. The molecule has 9 heteroatoms. The Morgan fingerprint density at radius 2 is 1.74 bits per heavy atom. The summed E-state index contributed by atoms with van der Waals surface area (Å²) >= 11 is 6.22. The molecule has 0 N–H and O–H groups in total. The number of esters is 1. The standard InChI is InChI=1S/C29H21ClF2N2O4/c30-18-6-7-19-21(15-34(25(19)14-18)16-26(35)17-5-8-23(31)24(32)13-17)27(36)33-11-9-29(10-12-33)22-4-2-1-3-20(22)28(37)38-29/h1-8,13-15H,9-12,16H2. The van der Waals surface area contributed by atoms with Crippen LogP contribution in [0.4, 0.5) is 8.78 Å². The monoisotopic (exact) mass is 534 g/mol. The normalized spacial score (nSPS) is 16.1. The Hall–Kier alpha value is -4.04. The van der Waals surface area contributed by atoms with Crippen molar-refractivity contribution >= 4 is 40.2 Å². The van der Waals surface area contributed by atoms with Crippen LogP contribution in [0, 0.1) is 11.6 Å². The third-order valence-electron chi connectivity index (χ3n) is 7.41. The van der Waals surface area contributed by atoms with E-state index in [1.54, 1.807) is 46.0 Å². The zero-order valence-electron chi connectivity index (χ0n) is 20.0. The highest BCUT2D eigenvalue weighted by Gasteiger charge is 2.47. The van der Waals surface area contributed by atoms with E-state index in [-0.39, 0.29) is 24.0 Å². The number of likely N-dealkylation sites (tertiary alicyclic amines) is 1. The highest BCUT2D eigenvalue weighted by atomic mass is 35.5. The van der Waals surface area contributed by atoms with Crippen LogP contribution in [0.2, 0.25) is 5.02 Å². The molecule has 0 atom stereocenters. The molecule has 2 aliphatic heterocycles. The average Bonchev–Trinajstić information content (AvgIpc) is 3.40. The molecular formula is C29H21ClF2N2O4. The van der Waals surface area contributed by atoms with E-state index < -0.39 is 23.0 Å². The van der Waals surface area contributed by atoms with Gasteiger partial charge in [0, 0.05) is 53.7 Å². The Labute approximate surface area is 221 Å². The lowest BCUT2D eigenvalue weighted by atomic mass is 9.83. The lowest BCUT2D eigenvalue weighted by Gasteiger charge is -2.38. The minimum atomic E-state index is -1.11. The zero-order chi connectivity index (χ0) is 26.6. The van der Waals surface area contributed by atoms with Gasteiger partial charge in [-0.3, -0.25) is 9.59 Å². The third-order valence-corrected chi connectivity index (χ3v) is 7.65. The van der Waals surface area contributed by atoms with Crippen molar-refractivity contribution in [3.63, 3.8) is 0 Å². The predicted octanol–water partition coefficient (Wildman–Crippen LogP) is 5.76. The molecule has 3 heterocycles. The van der Waals surface area contributed by atoms with Crippen LogP contribution < -0.4 is 0 Å². The molecule has 1 amide bonds. The van der Waals surface area contributed by atoms with Gasteiger partial charge in [-0.1, -0.05) is 35.9 Å². The Balaban J connectivity index is 1.27. The van der Waals surface area contributed by atoms with Gasteiger partial charge in [-0.15, -0.1) is 0 Å². The van der Waals surface area contributed by atoms with Gasteiger partial charge < -0.3 is 14.2 Å². The Morgan fingerprint density at radius 3 is 2.50 bits per heavy atom.